The van der Waals surface area contributed by atoms with Crippen molar-refractivity contribution in [3.63, 3.8) is 0 Å². The van der Waals surface area contributed by atoms with E-state index in [-0.39, 0.29) is 5.75 Å². The lowest BCUT2D eigenvalue weighted by molar-refractivity contribution is -0.134. The zero-order chi connectivity index (χ0) is 26.8. The predicted molar refractivity (Wildman–Crippen MR) is 144 cm³/mol. The van der Waals surface area contributed by atoms with Gasteiger partial charge in [0.05, 0.1) is 12.8 Å². The molecule has 0 aliphatic carbocycles. The van der Waals surface area contributed by atoms with Crippen LogP contribution in [0, 0.1) is 0 Å². The van der Waals surface area contributed by atoms with Crippen LogP contribution in [0.2, 0.25) is 5.02 Å². The molecule has 1 atom stereocenters. The Labute approximate surface area is 220 Å². The van der Waals surface area contributed by atoms with Gasteiger partial charge in [0.2, 0.25) is 0 Å². The maximum atomic E-state index is 11.5. The number of halogens is 1. The minimum Gasteiger partial charge on any atom is -0.481 e. The van der Waals surface area contributed by atoms with Gasteiger partial charge in [-0.3, -0.25) is 14.7 Å². The van der Waals surface area contributed by atoms with Gasteiger partial charge in [0.1, 0.15) is 11.6 Å². The number of rotatable bonds is 5. The number of amidine groups is 1. The van der Waals surface area contributed by atoms with E-state index in [1.807, 2.05) is 47.4 Å². The molecule has 1 unspecified atom stereocenters. The van der Waals surface area contributed by atoms with Crippen molar-refractivity contribution in [3.8, 4) is 16.9 Å². The number of nitrogens with two attached hydrogens (primary N) is 1. The third-order valence-corrected chi connectivity index (χ3v) is 6.41. The molecule has 192 valence electrons. The summed E-state index contributed by atoms with van der Waals surface area (Å²) < 4.78 is 28.1. The Balaban J connectivity index is 0.000000747. The van der Waals surface area contributed by atoms with Gasteiger partial charge in [0.15, 0.2) is 11.5 Å². The predicted octanol–water partition coefficient (Wildman–Crippen LogP) is 3.72. The number of carbonyl (C=O) groups is 1. The number of nitrogens with zero attached hydrogens (tertiary/aromatic N) is 3. The lowest BCUT2D eigenvalue weighted by atomic mass is 9.81. The van der Waals surface area contributed by atoms with Crippen molar-refractivity contribution in [2.75, 3.05) is 19.3 Å². The minimum atomic E-state index is -3.63. The van der Waals surface area contributed by atoms with Gasteiger partial charge >= 0.3 is 10.1 Å². The molecule has 0 saturated heterocycles. The van der Waals surface area contributed by atoms with Crippen LogP contribution in [-0.4, -0.2) is 55.5 Å². The summed E-state index contributed by atoms with van der Waals surface area (Å²) in [6, 6.07) is 22.5. The first-order chi connectivity index (χ1) is 17.5. The summed E-state index contributed by atoms with van der Waals surface area (Å²) in [6.45, 7) is 2.37. The van der Waals surface area contributed by atoms with E-state index in [0.29, 0.717) is 24.1 Å². The van der Waals surface area contributed by atoms with Gasteiger partial charge in [0.25, 0.3) is 5.97 Å². The Kier molecular flexibility index (Phi) is 7.24. The number of aliphatic carboxylic acids is 1. The number of guanidine groups is 1. The highest BCUT2D eigenvalue weighted by molar-refractivity contribution is 7.86. The van der Waals surface area contributed by atoms with E-state index < -0.39 is 21.6 Å². The third-order valence-electron chi connectivity index (χ3n) is 5.68. The molecule has 0 amide bonds. The van der Waals surface area contributed by atoms with Crippen LogP contribution in [0.25, 0.3) is 11.1 Å². The normalized spacial score (nSPS) is 18.3. The van der Waals surface area contributed by atoms with Crippen LogP contribution in [0.3, 0.4) is 0 Å². The summed E-state index contributed by atoms with van der Waals surface area (Å²) in [4.78, 5) is 20.6. The van der Waals surface area contributed by atoms with Crippen LogP contribution in [0.4, 0.5) is 0 Å². The van der Waals surface area contributed by atoms with Gasteiger partial charge in [-0.25, -0.2) is 4.99 Å². The number of fused-ring (bicyclic) bond motifs is 1. The number of aliphatic imine (C=N–C) groups is 2. The number of hydrogen-bond donors (Lipinski definition) is 2. The van der Waals surface area contributed by atoms with E-state index in [1.54, 1.807) is 24.3 Å². The second kappa shape index (κ2) is 10.2. The molecular formula is C26H25ClN4O5S. The Hall–Kier alpha value is -3.89. The van der Waals surface area contributed by atoms with Crippen molar-refractivity contribution in [2.45, 2.75) is 12.5 Å². The summed E-state index contributed by atoms with van der Waals surface area (Å²) >= 11 is 6.22. The quantitative estimate of drug-likeness (QED) is 0.471. The molecule has 0 saturated carbocycles. The van der Waals surface area contributed by atoms with Gasteiger partial charge < -0.3 is 15.0 Å². The highest BCUT2D eigenvalue weighted by Gasteiger charge is 2.49. The zero-order valence-corrected chi connectivity index (χ0v) is 21.7. The van der Waals surface area contributed by atoms with E-state index in [1.165, 1.54) is 0 Å². The van der Waals surface area contributed by atoms with Gasteiger partial charge in [-0.05, 0) is 52.6 Å². The summed E-state index contributed by atoms with van der Waals surface area (Å²) in [5, 5.41) is 8.07. The molecule has 2 heterocycles. The average molecular weight is 541 g/mol. The van der Waals surface area contributed by atoms with Crippen LogP contribution in [0.15, 0.2) is 82.8 Å². The Bertz CT molecular complexity index is 1500. The topological polar surface area (TPSA) is 135 Å². The first kappa shape index (κ1) is 26.2. The Morgan fingerprint density at radius 1 is 1.05 bits per heavy atom. The van der Waals surface area contributed by atoms with Crippen LogP contribution in [0.5, 0.6) is 5.75 Å². The van der Waals surface area contributed by atoms with Gasteiger partial charge in [-0.15, -0.1) is 0 Å². The third kappa shape index (κ3) is 5.60. The molecule has 0 spiro atoms. The Morgan fingerprint density at radius 3 is 2.30 bits per heavy atom. The first-order valence-corrected chi connectivity index (χ1v) is 13.4. The lowest BCUT2D eigenvalue weighted by Gasteiger charge is -2.29. The molecule has 5 rings (SSSR count). The molecule has 3 aromatic rings. The second-order valence-corrected chi connectivity index (χ2v) is 10.5. The number of hydrogen-bond acceptors (Lipinski definition) is 8. The molecular weight excluding hydrogens is 516 g/mol. The molecule has 9 nitrogen and oxygen atoms in total. The molecule has 2 aliphatic heterocycles. The van der Waals surface area contributed by atoms with Crippen molar-refractivity contribution in [1.82, 2.24) is 4.90 Å². The smallest absolute Gasteiger partial charge is 0.306 e. The largest absolute Gasteiger partial charge is 0.481 e. The minimum absolute atomic E-state index is 0.226. The van der Waals surface area contributed by atoms with Gasteiger partial charge in [-0.1, -0.05) is 54.1 Å². The monoisotopic (exact) mass is 540 g/mol. The maximum Gasteiger partial charge on any atom is 0.306 e. The van der Waals surface area contributed by atoms with E-state index in [4.69, 9.17) is 41.4 Å². The van der Waals surface area contributed by atoms with Gasteiger partial charge in [0, 0.05) is 18.5 Å². The van der Waals surface area contributed by atoms with Gasteiger partial charge in [-0.2, -0.15) is 8.42 Å². The van der Waals surface area contributed by atoms with Crippen molar-refractivity contribution in [3.05, 3.63) is 88.9 Å². The summed E-state index contributed by atoms with van der Waals surface area (Å²) in [7, 11) is -3.63. The van der Waals surface area contributed by atoms with Crippen molar-refractivity contribution < 1.29 is 22.5 Å². The zero-order valence-electron chi connectivity index (χ0n) is 20.1. The highest BCUT2D eigenvalue weighted by Crippen LogP contribution is 2.43. The fraction of sp³-hybridized carbons (Fsp3) is 0.192. The SMILES string of the molecule is CC(=O)O.CS(=O)(=O)Oc1ccc(C2(c3cccc(-c4cccc(Cl)c4)c3)N=C(N)N3CCN=C32)cc1. The van der Waals surface area contributed by atoms with Crippen LogP contribution in [-0.2, 0) is 20.5 Å². The van der Waals surface area contributed by atoms with Crippen LogP contribution < -0.4 is 9.92 Å². The van der Waals surface area contributed by atoms with Crippen LogP contribution in [0.1, 0.15) is 18.1 Å². The van der Waals surface area contributed by atoms with Crippen molar-refractivity contribution >= 4 is 39.5 Å². The Morgan fingerprint density at radius 2 is 1.68 bits per heavy atom. The molecule has 0 aromatic heterocycles. The average Bonchev–Trinajstić information content (AvgIpc) is 3.42. The number of carboxylic acids is 1. The number of benzene rings is 3. The van der Waals surface area contributed by atoms with E-state index in [9.17, 15) is 8.42 Å². The lowest BCUT2D eigenvalue weighted by Crippen LogP contribution is -2.41. The second-order valence-electron chi connectivity index (χ2n) is 8.46. The molecule has 0 fully saturated rings. The van der Waals surface area contributed by atoms with Crippen molar-refractivity contribution in [2.24, 2.45) is 15.7 Å². The van der Waals surface area contributed by atoms with E-state index in [0.717, 1.165) is 41.3 Å². The summed E-state index contributed by atoms with van der Waals surface area (Å²) in [5.74, 6) is 0.542. The highest BCUT2D eigenvalue weighted by atomic mass is 35.5. The molecule has 2 aliphatic rings. The van der Waals surface area contributed by atoms with E-state index in [2.05, 4.69) is 6.07 Å². The molecule has 11 heteroatoms. The van der Waals surface area contributed by atoms with Crippen molar-refractivity contribution in [1.29, 1.82) is 0 Å². The van der Waals surface area contributed by atoms with Crippen LogP contribution >= 0.6 is 11.6 Å². The summed E-state index contributed by atoms with van der Waals surface area (Å²) in [5.41, 5.74) is 9.03. The first-order valence-electron chi connectivity index (χ1n) is 11.2. The molecule has 0 bridgehead atoms. The molecule has 3 aromatic carbocycles. The molecule has 0 radical (unpaired) electrons. The maximum absolute atomic E-state index is 11.5. The number of carboxylic acid groups (broad SMARTS) is 1. The summed E-state index contributed by atoms with van der Waals surface area (Å²) in [6.07, 6.45) is 1.01. The van der Waals surface area contributed by atoms with E-state index >= 15 is 0 Å². The fourth-order valence-electron chi connectivity index (χ4n) is 4.33. The molecule has 3 N–H and O–H groups in total. The standard InChI is InChI=1S/C24H21ClN4O3S.C2H4O2/c1-33(30,31)32-21-10-8-18(9-11-21)24(22-27-12-13-29(22)23(26)28-24)19-6-2-4-16(14-19)17-5-3-7-20(25)15-17;1-2(3)4/h2-11,14-15H,12-13H2,1H3,(H2,26,28);1H3,(H,3,4). The fourth-order valence-corrected chi connectivity index (χ4v) is 4.99. The molecule has 37 heavy (non-hydrogen) atoms.